The van der Waals surface area contributed by atoms with Crippen LogP contribution in [0.1, 0.15) is 37.7 Å². The minimum absolute atomic E-state index is 0.113. The average molecular weight is 314 g/mol. The van der Waals surface area contributed by atoms with Crippen molar-refractivity contribution in [1.29, 1.82) is 0 Å². The molecule has 0 aliphatic heterocycles. The summed E-state index contributed by atoms with van der Waals surface area (Å²) in [6.07, 6.45) is 0.720. The monoisotopic (exact) mass is 314 g/mol. The molecule has 5 heteroatoms. The molecular weight excluding hydrogens is 288 g/mol. The summed E-state index contributed by atoms with van der Waals surface area (Å²) in [4.78, 5) is 11.9. The molecule has 0 spiro atoms. The Hall–Kier alpha value is -2.30. The van der Waals surface area contributed by atoms with Crippen molar-refractivity contribution in [1.82, 2.24) is 15.1 Å². The highest BCUT2D eigenvalue weighted by Crippen LogP contribution is 2.23. The number of hydrogen-bond donors (Lipinski definition) is 2. The highest BCUT2D eigenvalue weighted by Gasteiger charge is 2.13. The first kappa shape index (κ1) is 17.1. The van der Waals surface area contributed by atoms with Crippen molar-refractivity contribution in [3.63, 3.8) is 0 Å². The van der Waals surface area contributed by atoms with E-state index in [2.05, 4.69) is 36.5 Å². The Morgan fingerprint density at radius 1 is 1.22 bits per heavy atom. The van der Waals surface area contributed by atoms with Crippen LogP contribution in [0.2, 0.25) is 0 Å². The Kier molecular flexibility index (Phi) is 5.08. The zero-order valence-corrected chi connectivity index (χ0v) is 14.6. The largest absolute Gasteiger partial charge is 0.337 e. The Bertz CT molecular complexity index is 646. The van der Waals surface area contributed by atoms with Crippen LogP contribution in [0.4, 0.5) is 10.5 Å². The van der Waals surface area contributed by atoms with Crippen LogP contribution in [-0.2, 0) is 18.9 Å². The van der Waals surface area contributed by atoms with Crippen LogP contribution in [0.3, 0.4) is 0 Å². The summed E-state index contributed by atoms with van der Waals surface area (Å²) < 4.78 is 1.84. The first-order chi connectivity index (χ1) is 10.8. The predicted molar refractivity (Wildman–Crippen MR) is 93.8 cm³/mol. The van der Waals surface area contributed by atoms with E-state index in [-0.39, 0.29) is 11.4 Å². The van der Waals surface area contributed by atoms with E-state index in [1.54, 1.807) is 0 Å². The van der Waals surface area contributed by atoms with E-state index < -0.39 is 0 Å². The van der Waals surface area contributed by atoms with Gasteiger partial charge in [-0.3, -0.25) is 4.68 Å². The number of nitrogens with zero attached hydrogens (tertiary/aromatic N) is 2. The number of aryl methyl sites for hydroxylation is 2. The molecule has 0 radical (unpaired) electrons. The molecule has 1 aromatic heterocycles. The number of benzene rings is 1. The Balaban J connectivity index is 1.80. The molecule has 0 bridgehead atoms. The molecule has 2 rings (SSSR count). The molecule has 2 N–H and O–H groups in total. The van der Waals surface area contributed by atoms with Gasteiger partial charge in [-0.2, -0.15) is 5.10 Å². The van der Waals surface area contributed by atoms with Crippen LogP contribution >= 0.6 is 0 Å². The van der Waals surface area contributed by atoms with E-state index in [1.807, 2.05) is 49.0 Å². The lowest BCUT2D eigenvalue weighted by molar-refractivity contribution is 0.252. The van der Waals surface area contributed by atoms with Crippen molar-refractivity contribution in [2.75, 3.05) is 11.9 Å². The second kappa shape index (κ2) is 6.86. The number of aromatic nitrogens is 2. The lowest BCUT2D eigenvalue weighted by Gasteiger charge is -2.19. The van der Waals surface area contributed by atoms with Gasteiger partial charge in [-0.1, -0.05) is 32.9 Å². The molecule has 0 atom stereocenters. The van der Waals surface area contributed by atoms with Gasteiger partial charge in [-0.15, -0.1) is 0 Å². The molecule has 1 aromatic carbocycles. The Morgan fingerprint density at radius 2 is 1.87 bits per heavy atom. The minimum Gasteiger partial charge on any atom is -0.337 e. The van der Waals surface area contributed by atoms with Gasteiger partial charge in [0, 0.05) is 31.4 Å². The van der Waals surface area contributed by atoms with Crippen LogP contribution in [0.25, 0.3) is 0 Å². The molecule has 0 aliphatic carbocycles. The molecule has 0 aliphatic rings. The summed E-state index contributed by atoms with van der Waals surface area (Å²) in [7, 11) is 1.92. The number of amides is 2. The number of anilines is 1. The van der Waals surface area contributed by atoms with E-state index >= 15 is 0 Å². The van der Waals surface area contributed by atoms with E-state index in [0.29, 0.717) is 6.54 Å². The van der Waals surface area contributed by atoms with Crippen molar-refractivity contribution in [2.24, 2.45) is 7.05 Å². The second-order valence-electron chi connectivity index (χ2n) is 6.86. The van der Waals surface area contributed by atoms with Gasteiger partial charge in [-0.05, 0) is 36.1 Å². The number of nitrogens with one attached hydrogen (secondary N) is 2. The average Bonchev–Trinajstić information content (AvgIpc) is 2.77. The Labute approximate surface area is 138 Å². The van der Waals surface area contributed by atoms with Crippen molar-refractivity contribution < 1.29 is 4.79 Å². The van der Waals surface area contributed by atoms with Crippen molar-refractivity contribution in [3.8, 4) is 0 Å². The molecule has 2 amide bonds. The van der Waals surface area contributed by atoms with Gasteiger partial charge in [0.15, 0.2) is 0 Å². The van der Waals surface area contributed by atoms with E-state index in [4.69, 9.17) is 0 Å². The van der Waals surface area contributed by atoms with Gasteiger partial charge in [0.25, 0.3) is 0 Å². The number of rotatable bonds is 4. The number of hydrogen-bond acceptors (Lipinski definition) is 2. The molecule has 0 saturated heterocycles. The first-order valence-corrected chi connectivity index (χ1v) is 7.90. The molecule has 0 unspecified atom stereocenters. The van der Waals surface area contributed by atoms with E-state index in [9.17, 15) is 4.79 Å². The minimum atomic E-state index is -0.193. The fourth-order valence-electron chi connectivity index (χ4n) is 2.29. The maximum Gasteiger partial charge on any atom is 0.319 e. The Morgan fingerprint density at radius 3 is 2.39 bits per heavy atom. The zero-order chi connectivity index (χ0) is 17.0. The second-order valence-corrected chi connectivity index (χ2v) is 6.86. The summed E-state index contributed by atoms with van der Waals surface area (Å²) in [5.41, 5.74) is 4.25. The third-order valence-electron chi connectivity index (χ3n) is 3.84. The number of urea groups is 1. The number of carbonyl (C=O) groups is 1. The lowest BCUT2D eigenvalue weighted by atomic mass is 9.87. The van der Waals surface area contributed by atoms with E-state index in [1.165, 1.54) is 5.56 Å². The summed E-state index contributed by atoms with van der Waals surface area (Å²) in [6.45, 7) is 9.07. The van der Waals surface area contributed by atoms with Gasteiger partial charge in [0.1, 0.15) is 0 Å². The van der Waals surface area contributed by atoms with Crippen molar-refractivity contribution >= 4 is 11.7 Å². The quantitative estimate of drug-likeness (QED) is 0.909. The van der Waals surface area contributed by atoms with Crippen LogP contribution < -0.4 is 10.6 Å². The standard InChI is InChI=1S/C18H26N4O/c1-13-12-16(21-22(13)5)10-11-19-17(23)20-15-8-6-14(7-9-15)18(2,3)4/h6-9,12H,10-11H2,1-5H3,(H2,19,20,23). The highest BCUT2D eigenvalue weighted by molar-refractivity contribution is 5.89. The highest BCUT2D eigenvalue weighted by atomic mass is 16.2. The van der Waals surface area contributed by atoms with Crippen LogP contribution in [0, 0.1) is 6.92 Å². The molecule has 2 aromatic rings. The van der Waals surface area contributed by atoms with Gasteiger partial charge in [-0.25, -0.2) is 4.79 Å². The normalized spacial score (nSPS) is 11.3. The predicted octanol–water partition coefficient (Wildman–Crippen LogP) is 3.39. The first-order valence-electron chi connectivity index (χ1n) is 7.90. The fraction of sp³-hybridized carbons (Fsp3) is 0.444. The van der Waals surface area contributed by atoms with Gasteiger partial charge >= 0.3 is 6.03 Å². The molecule has 0 fully saturated rings. The maximum atomic E-state index is 11.9. The molecule has 124 valence electrons. The maximum absolute atomic E-state index is 11.9. The summed E-state index contributed by atoms with van der Waals surface area (Å²) in [5.74, 6) is 0. The van der Waals surface area contributed by atoms with Crippen molar-refractivity contribution in [2.45, 2.75) is 39.5 Å². The smallest absolute Gasteiger partial charge is 0.319 e. The lowest BCUT2D eigenvalue weighted by Crippen LogP contribution is -2.30. The SMILES string of the molecule is Cc1cc(CCNC(=O)Nc2ccc(C(C)(C)C)cc2)nn1C. The summed E-state index contributed by atoms with van der Waals surface area (Å²) >= 11 is 0. The fourth-order valence-corrected chi connectivity index (χ4v) is 2.29. The van der Waals surface area contributed by atoms with Crippen LogP contribution in [-0.4, -0.2) is 22.4 Å². The van der Waals surface area contributed by atoms with E-state index in [0.717, 1.165) is 23.5 Å². The van der Waals surface area contributed by atoms with Crippen LogP contribution in [0.15, 0.2) is 30.3 Å². The van der Waals surface area contributed by atoms with Gasteiger partial charge in [0.05, 0.1) is 5.69 Å². The summed E-state index contributed by atoms with van der Waals surface area (Å²) in [5, 5.41) is 10.1. The topological polar surface area (TPSA) is 59.0 Å². The third kappa shape index (κ3) is 4.84. The van der Waals surface area contributed by atoms with Crippen LogP contribution in [0.5, 0.6) is 0 Å². The van der Waals surface area contributed by atoms with Gasteiger partial charge in [0.2, 0.25) is 0 Å². The number of carbonyl (C=O) groups excluding carboxylic acids is 1. The van der Waals surface area contributed by atoms with Crippen molar-refractivity contribution in [3.05, 3.63) is 47.3 Å². The molecule has 0 saturated carbocycles. The third-order valence-corrected chi connectivity index (χ3v) is 3.84. The molecule has 5 nitrogen and oxygen atoms in total. The molecular formula is C18H26N4O. The molecule has 23 heavy (non-hydrogen) atoms. The zero-order valence-electron chi connectivity index (χ0n) is 14.6. The molecule has 1 heterocycles. The summed E-state index contributed by atoms with van der Waals surface area (Å²) in [6, 6.07) is 9.80. The van der Waals surface area contributed by atoms with Gasteiger partial charge < -0.3 is 10.6 Å².